The van der Waals surface area contributed by atoms with Crippen LogP contribution in [0, 0.1) is 12.8 Å². The van der Waals surface area contributed by atoms with Gasteiger partial charge in [0.25, 0.3) is 0 Å². The molecule has 136 valence electrons. The highest BCUT2D eigenvalue weighted by Gasteiger charge is 2.24. The lowest BCUT2D eigenvalue weighted by Crippen LogP contribution is -2.42. The van der Waals surface area contributed by atoms with Crippen LogP contribution in [0.5, 0.6) is 0 Å². The number of hydrogen-bond donors (Lipinski definition) is 1. The van der Waals surface area contributed by atoms with E-state index in [1.54, 1.807) is 6.07 Å². The molecule has 0 unspecified atom stereocenters. The second kappa shape index (κ2) is 7.90. The number of rotatable bonds is 5. The van der Waals surface area contributed by atoms with Crippen molar-refractivity contribution in [2.45, 2.75) is 45.2 Å². The number of aryl methyl sites for hydroxylation is 1. The summed E-state index contributed by atoms with van der Waals surface area (Å²) in [5, 5.41) is 4.79. The second-order valence-electron chi connectivity index (χ2n) is 7.49. The van der Waals surface area contributed by atoms with E-state index in [9.17, 15) is 4.79 Å². The molecule has 1 aromatic heterocycles. The third kappa shape index (κ3) is 4.63. The zero-order chi connectivity index (χ0) is 16.5. The van der Waals surface area contributed by atoms with Crippen LogP contribution in [0.15, 0.2) is 33.5 Å². The Balaban J connectivity index is 0.00000182. The van der Waals surface area contributed by atoms with Gasteiger partial charge < -0.3 is 9.73 Å². The Kier molecular flexibility index (Phi) is 5.82. The summed E-state index contributed by atoms with van der Waals surface area (Å²) in [5.74, 6) is 0.946. The maximum atomic E-state index is 11.9. The van der Waals surface area contributed by atoms with E-state index < -0.39 is 0 Å². The number of piperidine rings is 1. The maximum absolute atomic E-state index is 11.9. The molecule has 5 heteroatoms. The molecule has 2 fully saturated rings. The van der Waals surface area contributed by atoms with Crippen LogP contribution >= 0.6 is 12.4 Å². The maximum Gasteiger partial charge on any atom is 0.336 e. The fourth-order valence-corrected chi connectivity index (χ4v) is 3.66. The number of halogens is 1. The second-order valence-corrected chi connectivity index (χ2v) is 7.49. The Bertz CT molecular complexity index is 777. The zero-order valence-electron chi connectivity index (χ0n) is 14.8. The smallest absolute Gasteiger partial charge is 0.336 e. The molecule has 0 amide bonds. The molecular weight excluding hydrogens is 336 g/mol. The lowest BCUT2D eigenvalue weighted by Gasteiger charge is -2.32. The van der Waals surface area contributed by atoms with Gasteiger partial charge in [-0.2, -0.15) is 0 Å². The minimum absolute atomic E-state index is 0. The van der Waals surface area contributed by atoms with E-state index in [1.807, 2.05) is 13.0 Å². The van der Waals surface area contributed by atoms with Crippen LogP contribution in [0.4, 0.5) is 0 Å². The van der Waals surface area contributed by atoms with Gasteiger partial charge in [0.15, 0.2) is 0 Å². The number of likely N-dealkylation sites (tertiary alicyclic amines) is 1. The molecule has 4 rings (SSSR count). The Morgan fingerprint density at radius 2 is 1.92 bits per heavy atom. The summed E-state index contributed by atoms with van der Waals surface area (Å²) in [5.41, 5.74) is 2.67. The van der Waals surface area contributed by atoms with Crippen LogP contribution in [0.25, 0.3) is 11.0 Å². The van der Waals surface area contributed by atoms with E-state index in [2.05, 4.69) is 22.3 Å². The molecular formula is C20H27ClN2O2. The van der Waals surface area contributed by atoms with Gasteiger partial charge in [0.05, 0.1) is 0 Å². The van der Waals surface area contributed by atoms with Crippen LogP contribution < -0.4 is 10.9 Å². The molecule has 2 aromatic rings. The van der Waals surface area contributed by atoms with Crippen LogP contribution in [0.1, 0.15) is 36.8 Å². The molecule has 2 aliphatic rings. The average molecular weight is 363 g/mol. The number of nitrogens with one attached hydrogen (secondary N) is 1. The van der Waals surface area contributed by atoms with Crippen molar-refractivity contribution in [1.29, 1.82) is 0 Å². The SMILES string of the molecule is Cc1ccc2c(CN3CCC(NCC4CC4)CC3)cc(=O)oc2c1.Cl. The van der Waals surface area contributed by atoms with Crippen molar-refractivity contribution in [3.8, 4) is 0 Å². The molecule has 0 spiro atoms. The van der Waals surface area contributed by atoms with E-state index in [0.29, 0.717) is 11.6 Å². The van der Waals surface area contributed by atoms with Crippen LogP contribution in [0.2, 0.25) is 0 Å². The molecule has 25 heavy (non-hydrogen) atoms. The van der Waals surface area contributed by atoms with Crippen molar-refractivity contribution in [3.05, 3.63) is 45.8 Å². The van der Waals surface area contributed by atoms with E-state index in [4.69, 9.17) is 4.42 Å². The molecule has 1 N–H and O–H groups in total. The van der Waals surface area contributed by atoms with Crippen molar-refractivity contribution in [3.63, 3.8) is 0 Å². The molecule has 1 aliphatic carbocycles. The lowest BCUT2D eigenvalue weighted by atomic mass is 10.0. The first-order valence-electron chi connectivity index (χ1n) is 9.16. The fourth-order valence-electron chi connectivity index (χ4n) is 3.66. The van der Waals surface area contributed by atoms with E-state index in [0.717, 1.165) is 42.1 Å². The van der Waals surface area contributed by atoms with Crippen molar-refractivity contribution in [1.82, 2.24) is 10.2 Å². The van der Waals surface area contributed by atoms with Gasteiger partial charge in [-0.25, -0.2) is 4.79 Å². The Morgan fingerprint density at radius 1 is 1.16 bits per heavy atom. The monoisotopic (exact) mass is 362 g/mol. The molecule has 1 saturated carbocycles. The van der Waals surface area contributed by atoms with Gasteiger partial charge in [0, 0.05) is 24.0 Å². The molecule has 1 aliphatic heterocycles. The van der Waals surface area contributed by atoms with E-state index in [-0.39, 0.29) is 18.0 Å². The predicted octanol–water partition coefficient (Wildman–Crippen LogP) is 3.49. The summed E-state index contributed by atoms with van der Waals surface area (Å²) in [4.78, 5) is 14.3. The third-order valence-electron chi connectivity index (χ3n) is 5.36. The number of fused-ring (bicyclic) bond motifs is 1. The highest BCUT2D eigenvalue weighted by Crippen LogP contribution is 2.28. The largest absolute Gasteiger partial charge is 0.423 e. The first-order valence-corrected chi connectivity index (χ1v) is 9.16. The van der Waals surface area contributed by atoms with Gasteiger partial charge in [0.1, 0.15) is 5.58 Å². The lowest BCUT2D eigenvalue weighted by molar-refractivity contribution is 0.190. The van der Waals surface area contributed by atoms with E-state index >= 15 is 0 Å². The minimum atomic E-state index is -0.246. The van der Waals surface area contributed by atoms with Crippen LogP contribution in [-0.2, 0) is 6.54 Å². The van der Waals surface area contributed by atoms with Gasteiger partial charge in [-0.05, 0) is 75.4 Å². The highest BCUT2D eigenvalue weighted by atomic mass is 35.5. The molecule has 1 aromatic carbocycles. The summed E-state index contributed by atoms with van der Waals surface area (Å²) in [6.07, 6.45) is 5.22. The fraction of sp³-hybridized carbons (Fsp3) is 0.550. The van der Waals surface area contributed by atoms with Crippen molar-refractivity contribution >= 4 is 23.4 Å². The van der Waals surface area contributed by atoms with Crippen LogP contribution in [-0.4, -0.2) is 30.6 Å². The van der Waals surface area contributed by atoms with Crippen molar-refractivity contribution in [2.24, 2.45) is 5.92 Å². The predicted molar refractivity (Wildman–Crippen MR) is 103 cm³/mol. The molecule has 2 heterocycles. The first kappa shape index (κ1) is 18.4. The van der Waals surface area contributed by atoms with Crippen LogP contribution in [0.3, 0.4) is 0 Å². The van der Waals surface area contributed by atoms with Crippen molar-refractivity contribution in [2.75, 3.05) is 19.6 Å². The van der Waals surface area contributed by atoms with Gasteiger partial charge in [-0.15, -0.1) is 12.4 Å². The summed E-state index contributed by atoms with van der Waals surface area (Å²) in [7, 11) is 0. The molecule has 0 bridgehead atoms. The van der Waals surface area contributed by atoms with E-state index in [1.165, 1.54) is 32.2 Å². The normalized spacial score (nSPS) is 19.1. The summed E-state index contributed by atoms with van der Waals surface area (Å²) in [6.45, 7) is 6.24. The summed E-state index contributed by atoms with van der Waals surface area (Å²) < 4.78 is 5.37. The number of hydrogen-bond acceptors (Lipinski definition) is 4. The first-order chi connectivity index (χ1) is 11.7. The number of benzene rings is 1. The van der Waals surface area contributed by atoms with Crippen molar-refractivity contribution < 1.29 is 4.42 Å². The Morgan fingerprint density at radius 3 is 2.64 bits per heavy atom. The third-order valence-corrected chi connectivity index (χ3v) is 5.36. The topological polar surface area (TPSA) is 45.5 Å². The van der Waals surface area contributed by atoms with Gasteiger partial charge in [0.2, 0.25) is 0 Å². The van der Waals surface area contributed by atoms with Gasteiger partial charge >= 0.3 is 5.63 Å². The summed E-state index contributed by atoms with van der Waals surface area (Å²) >= 11 is 0. The van der Waals surface area contributed by atoms with Gasteiger partial charge in [-0.3, -0.25) is 4.90 Å². The Labute approximate surface area is 155 Å². The average Bonchev–Trinajstić information content (AvgIpc) is 3.38. The highest BCUT2D eigenvalue weighted by molar-refractivity contribution is 5.85. The quantitative estimate of drug-likeness (QED) is 0.827. The Hall–Kier alpha value is -1.36. The molecule has 0 radical (unpaired) electrons. The zero-order valence-corrected chi connectivity index (χ0v) is 15.6. The van der Waals surface area contributed by atoms with Gasteiger partial charge in [-0.1, -0.05) is 12.1 Å². The molecule has 4 nitrogen and oxygen atoms in total. The summed E-state index contributed by atoms with van der Waals surface area (Å²) in [6, 6.07) is 8.44. The standard InChI is InChI=1S/C20H26N2O2.ClH/c1-14-2-5-18-16(11-20(23)24-19(18)10-14)13-22-8-6-17(7-9-22)21-12-15-3-4-15;/h2,5,10-11,15,17,21H,3-4,6-9,12-13H2,1H3;1H. The number of nitrogens with zero attached hydrogens (tertiary/aromatic N) is 1. The minimum Gasteiger partial charge on any atom is -0.423 e. The molecule has 0 atom stereocenters. The molecule has 1 saturated heterocycles.